The van der Waals surface area contributed by atoms with Gasteiger partial charge >= 0.3 is 5.97 Å². The Morgan fingerprint density at radius 2 is 1.20 bits per heavy atom. The van der Waals surface area contributed by atoms with E-state index >= 15 is 0 Å². The predicted molar refractivity (Wildman–Crippen MR) is 160 cm³/mol. The number of aromatic nitrogens is 2. The van der Waals surface area contributed by atoms with Gasteiger partial charge in [-0.05, 0) is 59.7 Å². The van der Waals surface area contributed by atoms with Crippen molar-refractivity contribution in [3.63, 3.8) is 0 Å². The zero-order valence-electron chi connectivity index (χ0n) is 21.5. The molecule has 0 spiro atoms. The highest BCUT2D eigenvalue weighted by molar-refractivity contribution is 7.18. The van der Waals surface area contributed by atoms with Crippen molar-refractivity contribution in [3.8, 4) is 11.5 Å². The van der Waals surface area contributed by atoms with Crippen molar-refractivity contribution in [1.82, 2.24) is 9.97 Å². The van der Waals surface area contributed by atoms with Crippen LogP contribution in [0.3, 0.4) is 0 Å². The van der Waals surface area contributed by atoms with Crippen LogP contribution in [-0.2, 0) is 22.8 Å². The van der Waals surface area contributed by atoms with Gasteiger partial charge in [0.1, 0.15) is 34.7 Å². The van der Waals surface area contributed by atoms with Gasteiger partial charge in [-0.3, -0.25) is 0 Å². The number of carboxylic acids is 1. The Morgan fingerprint density at radius 3 is 1.63 bits per heavy atom. The summed E-state index contributed by atoms with van der Waals surface area (Å²) in [4.78, 5) is 25.8. The van der Waals surface area contributed by atoms with Crippen molar-refractivity contribution in [1.29, 1.82) is 0 Å². The van der Waals surface area contributed by atoms with E-state index in [1.807, 2.05) is 97.1 Å². The third-order valence-electron chi connectivity index (χ3n) is 6.10. The van der Waals surface area contributed by atoms with Crippen LogP contribution in [0.2, 0.25) is 0 Å². The molecule has 6 rings (SSSR count). The fourth-order valence-corrected chi connectivity index (χ4v) is 5.94. The van der Waals surface area contributed by atoms with Gasteiger partial charge in [-0.15, -0.1) is 22.7 Å². The number of oxime groups is 1. The topological polar surface area (TPSA) is 103 Å². The second-order valence-electron chi connectivity index (χ2n) is 8.92. The zero-order chi connectivity index (χ0) is 28.0. The minimum atomic E-state index is -1.19. The second kappa shape index (κ2) is 12.2. The van der Waals surface area contributed by atoms with E-state index in [9.17, 15) is 4.79 Å². The number of carboxylic acid groups (broad SMARTS) is 1. The Bertz CT molecular complexity index is 1630. The average molecular weight is 582 g/mol. The molecule has 10 heteroatoms. The number of aliphatic carboxylic acids is 1. The molecule has 204 valence electrons. The van der Waals surface area contributed by atoms with Gasteiger partial charge in [0.15, 0.2) is 12.3 Å². The van der Waals surface area contributed by atoms with Gasteiger partial charge in [0, 0.05) is 0 Å². The Labute approximate surface area is 243 Å². The molecule has 0 radical (unpaired) electrons. The van der Waals surface area contributed by atoms with Crippen molar-refractivity contribution in [3.05, 3.63) is 118 Å². The summed E-state index contributed by atoms with van der Waals surface area (Å²) < 4.78 is 14.1. The summed E-state index contributed by atoms with van der Waals surface area (Å²) in [6.45, 7) is 0.722. The lowest BCUT2D eigenvalue weighted by atomic mass is 10.0. The molecule has 1 N–H and O–H groups in total. The van der Waals surface area contributed by atoms with Gasteiger partial charge in [0.05, 0.1) is 20.4 Å². The molecule has 2 heterocycles. The quantitative estimate of drug-likeness (QED) is 0.127. The number of ether oxygens (including phenoxy) is 2. The van der Waals surface area contributed by atoms with Crippen LogP contribution in [0.5, 0.6) is 11.5 Å². The van der Waals surface area contributed by atoms with E-state index in [-0.39, 0.29) is 0 Å². The molecule has 0 amide bonds. The summed E-state index contributed by atoms with van der Waals surface area (Å²) in [6, 6.07) is 30.8. The minimum absolute atomic E-state index is 0.361. The van der Waals surface area contributed by atoms with E-state index in [1.165, 1.54) is 0 Å². The van der Waals surface area contributed by atoms with Gasteiger partial charge in [0.25, 0.3) is 0 Å². The van der Waals surface area contributed by atoms with Gasteiger partial charge in [-0.25, -0.2) is 14.8 Å². The maximum Gasteiger partial charge on any atom is 0.350 e. The Morgan fingerprint density at radius 1 is 0.732 bits per heavy atom. The number of rotatable bonds is 11. The number of para-hydroxylation sites is 2. The molecule has 41 heavy (non-hydrogen) atoms. The number of thiazole rings is 2. The molecule has 0 aliphatic carbocycles. The molecule has 0 saturated heterocycles. The maximum atomic E-state index is 11.0. The van der Waals surface area contributed by atoms with Crippen LogP contribution in [0.15, 0.2) is 102 Å². The number of benzene rings is 4. The summed E-state index contributed by atoms with van der Waals surface area (Å²) in [7, 11) is 0. The smallest absolute Gasteiger partial charge is 0.350 e. The lowest BCUT2D eigenvalue weighted by molar-refractivity contribution is -0.129. The molecule has 0 aliphatic rings. The highest BCUT2D eigenvalue weighted by Crippen LogP contribution is 2.30. The van der Waals surface area contributed by atoms with Crippen molar-refractivity contribution < 1.29 is 24.2 Å². The van der Waals surface area contributed by atoms with Crippen LogP contribution < -0.4 is 9.47 Å². The Balaban J connectivity index is 1.13. The van der Waals surface area contributed by atoms with E-state index in [1.54, 1.807) is 22.7 Å². The predicted octanol–water partition coefficient (Wildman–Crippen LogP) is 7.24. The number of nitrogens with zero attached hydrogens (tertiary/aromatic N) is 3. The summed E-state index contributed by atoms with van der Waals surface area (Å²) in [6.07, 6.45) is 0.0834. The SMILES string of the molecule is O=C(O)C=NOC(c1ccc(OCc2nc3ccccc3s2)cc1)c1ccc(OCc2nc3ccccc3s2)cc1. The van der Waals surface area contributed by atoms with Crippen molar-refractivity contribution in [2.45, 2.75) is 19.3 Å². The van der Waals surface area contributed by atoms with Crippen LogP contribution >= 0.6 is 22.7 Å². The van der Waals surface area contributed by atoms with E-state index in [0.29, 0.717) is 24.7 Å². The van der Waals surface area contributed by atoms with Crippen LogP contribution in [0.4, 0.5) is 0 Å². The summed E-state index contributed by atoms with van der Waals surface area (Å²) in [5, 5.41) is 14.4. The summed E-state index contributed by atoms with van der Waals surface area (Å²) in [5.41, 5.74) is 3.48. The molecule has 0 fully saturated rings. The molecular formula is C31H23N3O5S2. The van der Waals surface area contributed by atoms with E-state index in [2.05, 4.69) is 15.1 Å². The van der Waals surface area contributed by atoms with Gasteiger partial charge in [0.2, 0.25) is 0 Å². The van der Waals surface area contributed by atoms with Crippen LogP contribution in [-0.4, -0.2) is 27.3 Å². The lowest BCUT2D eigenvalue weighted by Crippen LogP contribution is -2.05. The van der Waals surface area contributed by atoms with Crippen LogP contribution in [0.1, 0.15) is 27.2 Å². The number of fused-ring (bicyclic) bond motifs is 2. The fraction of sp³-hybridized carbons (Fsp3) is 0.0968. The highest BCUT2D eigenvalue weighted by Gasteiger charge is 2.17. The molecule has 8 nitrogen and oxygen atoms in total. The molecule has 0 atom stereocenters. The van der Waals surface area contributed by atoms with Crippen molar-refractivity contribution in [2.24, 2.45) is 5.16 Å². The number of carbonyl (C=O) groups is 1. The Hall–Kier alpha value is -4.80. The first kappa shape index (κ1) is 26.4. The molecule has 4 aromatic carbocycles. The van der Waals surface area contributed by atoms with Gasteiger partial charge in [-0.2, -0.15) is 0 Å². The van der Waals surface area contributed by atoms with E-state index in [0.717, 1.165) is 47.8 Å². The molecule has 2 aromatic heterocycles. The molecule has 0 aliphatic heterocycles. The second-order valence-corrected chi connectivity index (χ2v) is 11.2. The van der Waals surface area contributed by atoms with Crippen LogP contribution in [0.25, 0.3) is 20.4 Å². The van der Waals surface area contributed by atoms with Crippen molar-refractivity contribution >= 4 is 55.3 Å². The molecule has 0 unspecified atom stereocenters. The highest BCUT2D eigenvalue weighted by atomic mass is 32.1. The molecule has 0 bridgehead atoms. The molecular weight excluding hydrogens is 558 g/mol. The first-order valence-corrected chi connectivity index (χ1v) is 14.3. The first-order chi connectivity index (χ1) is 20.1. The third-order valence-corrected chi connectivity index (χ3v) is 8.12. The molecule has 0 saturated carbocycles. The van der Waals surface area contributed by atoms with E-state index in [4.69, 9.17) is 19.4 Å². The fourth-order valence-electron chi connectivity index (χ4n) is 4.18. The van der Waals surface area contributed by atoms with Crippen molar-refractivity contribution in [2.75, 3.05) is 0 Å². The lowest BCUT2D eigenvalue weighted by Gasteiger charge is -2.17. The molecule has 6 aromatic rings. The Kier molecular flexibility index (Phi) is 7.83. The third kappa shape index (κ3) is 6.51. The standard InChI is InChI=1S/C31H23N3O5S2/c35-30(36)17-32-39-31(20-9-13-22(14-10-20)37-18-28-33-24-5-1-3-7-26(24)40-28)21-11-15-23(16-12-21)38-19-29-34-25-6-2-4-8-27(25)41-29/h1-17,31H,18-19H2,(H,35,36). The monoisotopic (exact) mass is 581 g/mol. The maximum absolute atomic E-state index is 11.0. The largest absolute Gasteiger partial charge is 0.486 e. The normalized spacial score (nSPS) is 11.4. The zero-order valence-corrected chi connectivity index (χ0v) is 23.2. The van der Waals surface area contributed by atoms with Gasteiger partial charge < -0.3 is 19.4 Å². The number of hydrogen-bond donors (Lipinski definition) is 1. The average Bonchev–Trinajstić information content (AvgIpc) is 3.61. The first-order valence-electron chi connectivity index (χ1n) is 12.7. The minimum Gasteiger partial charge on any atom is -0.486 e. The van der Waals surface area contributed by atoms with Crippen LogP contribution in [0, 0.1) is 0 Å². The summed E-state index contributed by atoms with van der Waals surface area (Å²) >= 11 is 3.21. The number of hydrogen-bond acceptors (Lipinski definition) is 9. The summed E-state index contributed by atoms with van der Waals surface area (Å²) in [5.74, 6) is 0.166. The van der Waals surface area contributed by atoms with Gasteiger partial charge in [-0.1, -0.05) is 53.7 Å². The van der Waals surface area contributed by atoms with E-state index < -0.39 is 12.1 Å².